The first-order valence-electron chi connectivity index (χ1n) is 9.59. The minimum Gasteiger partial charge on any atom is -0.482 e. The summed E-state index contributed by atoms with van der Waals surface area (Å²) in [5.74, 6) is -0.891. The van der Waals surface area contributed by atoms with Crippen LogP contribution in [0.5, 0.6) is 5.75 Å². The molecule has 0 aromatic heterocycles. The molecule has 0 radical (unpaired) electrons. The van der Waals surface area contributed by atoms with Crippen molar-refractivity contribution >= 4 is 33.5 Å². The molecule has 164 valence electrons. The van der Waals surface area contributed by atoms with Crippen LogP contribution in [0.4, 0.5) is 5.69 Å². The Morgan fingerprint density at radius 3 is 2.16 bits per heavy atom. The van der Waals surface area contributed by atoms with Crippen LogP contribution in [0, 0.1) is 6.92 Å². The average Bonchev–Trinajstić information content (AvgIpc) is 2.77. The van der Waals surface area contributed by atoms with E-state index in [1.165, 1.54) is 30.3 Å². The predicted octanol–water partition coefficient (Wildman–Crippen LogP) is 4.16. The van der Waals surface area contributed by atoms with Crippen LogP contribution in [0.25, 0.3) is 6.08 Å². The van der Waals surface area contributed by atoms with Crippen LogP contribution >= 0.6 is 0 Å². The number of ketones is 1. The van der Waals surface area contributed by atoms with Crippen molar-refractivity contribution in [3.63, 3.8) is 0 Å². The van der Waals surface area contributed by atoms with Crippen molar-refractivity contribution in [2.45, 2.75) is 11.8 Å². The second kappa shape index (κ2) is 9.93. The fourth-order valence-electron chi connectivity index (χ4n) is 2.72. The molecule has 2 N–H and O–H groups in total. The molecule has 8 heteroatoms. The summed E-state index contributed by atoms with van der Waals surface area (Å²) in [4.78, 5) is 23.1. The molecule has 0 bridgehead atoms. The van der Waals surface area contributed by atoms with Crippen molar-refractivity contribution in [3.8, 4) is 5.75 Å². The van der Waals surface area contributed by atoms with Crippen LogP contribution in [0.2, 0.25) is 0 Å². The van der Waals surface area contributed by atoms with Crippen LogP contribution < -0.4 is 9.46 Å². The van der Waals surface area contributed by atoms with Crippen molar-refractivity contribution < 1.29 is 27.9 Å². The summed E-state index contributed by atoms with van der Waals surface area (Å²) >= 11 is 0. The highest BCUT2D eigenvalue weighted by Crippen LogP contribution is 2.18. The summed E-state index contributed by atoms with van der Waals surface area (Å²) < 4.78 is 32.5. The predicted molar refractivity (Wildman–Crippen MR) is 121 cm³/mol. The number of aliphatic carboxylic acids is 1. The Hall–Kier alpha value is -3.91. The van der Waals surface area contributed by atoms with Gasteiger partial charge in [0.1, 0.15) is 5.75 Å². The van der Waals surface area contributed by atoms with E-state index in [1.807, 2.05) is 6.92 Å². The van der Waals surface area contributed by atoms with Gasteiger partial charge >= 0.3 is 5.97 Å². The molecule has 32 heavy (non-hydrogen) atoms. The molecule has 0 aliphatic carbocycles. The lowest BCUT2D eigenvalue weighted by Gasteiger charge is -2.08. The third-order valence-electron chi connectivity index (χ3n) is 4.42. The number of ether oxygens (including phenoxy) is 1. The minimum absolute atomic E-state index is 0.158. The second-order valence-corrected chi connectivity index (χ2v) is 8.63. The molecule has 3 aromatic rings. The summed E-state index contributed by atoms with van der Waals surface area (Å²) in [5.41, 5.74) is 2.45. The highest BCUT2D eigenvalue weighted by molar-refractivity contribution is 7.92. The number of hydrogen-bond acceptors (Lipinski definition) is 5. The monoisotopic (exact) mass is 451 g/mol. The normalized spacial score (nSPS) is 11.3. The first-order valence-corrected chi connectivity index (χ1v) is 11.1. The van der Waals surface area contributed by atoms with Gasteiger partial charge in [-0.05, 0) is 67.1 Å². The van der Waals surface area contributed by atoms with Gasteiger partial charge in [-0.2, -0.15) is 0 Å². The zero-order chi connectivity index (χ0) is 23.1. The SMILES string of the molecule is Cc1ccc(S(=O)(=O)Nc2ccc(C(=O)C=Cc3ccc(OCC(=O)O)cc3)cc2)cc1. The summed E-state index contributed by atoms with van der Waals surface area (Å²) in [7, 11) is -3.71. The van der Waals surface area contributed by atoms with Gasteiger partial charge in [-0.1, -0.05) is 35.9 Å². The average molecular weight is 452 g/mol. The molecule has 0 amide bonds. The molecule has 0 heterocycles. The van der Waals surface area contributed by atoms with Crippen LogP contribution in [0.15, 0.2) is 83.8 Å². The van der Waals surface area contributed by atoms with Gasteiger partial charge in [0.25, 0.3) is 10.0 Å². The zero-order valence-corrected chi connectivity index (χ0v) is 18.0. The molecular weight excluding hydrogens is 430 g/mol. The topological polar surface area (TPSA) is 110 Å². The van der Waals surface area contributed by atoms with Gasteiger partial charge in [0.05, 0.1) is 4.90 Å². The van der Waals surface area contributed by atoms with Crippen LogP contribution in [0.3, 0.4) is 0 Å². The molecule has 0 aliphatic rings. The maximum absolute atomic E-state index is 12.5. The molecule has 0 fully saturated rings. The number of carbonyl (C=O) groups is 2. The Balaban J connectivity index is 1.62. The number of allylic oxidation sites excluding steroid dienone is 1. The number of nitrogens with one attached hydrogen (secondary N) is 1. The molecular formula is C24H21NO6S. The van der Waals surface area contributed by atoms with Gasteiger partial charge in [0, 0.05) is 11.3 Å². The summed E-state index contributed by atoms with van der Waals surface area (Å²) in [5, 5.41) is 8.61. The lowest BCUT2D eigenvalue weighted by atomic mass is 10.1. The quantitative estimate of drug-likeness (QED) is 0.374. The standard InChI is InChI=1S/C24H21NO6S/c1-17-2-13-22(14-3-17)32(29,30)25-20-9-7-19(8-10-20)23(26)15-6-18-4-11-21(12-5-18)31-16-24(27)28/h2-15,25H,16H2,1H3,(H,27,28). The second-order valence-electron chi connectivity index (χ2n) is 6.94. The van der Waals surface area contributed by atoms with Crippen molar-refractivity contribution in [2.75, 3.05) is 11.3 Å². The fourth-order valence-corrected chi connectivity index (χ4v) is 3.78. The summed E-state index contributed by atoms with van der Waals surface area (Å²) in [6, 6.07) is 19.3. The van der Waals surface area contributed by atoms with Gasteiger partial charge in [0.2, 0.25) is 0 Å². The van der Waals surface area contributed by atoms with Crippen LogP contribution in [-0.4, -0.2) is 31.9 Å². The lowest BCUT2D eigenvalue weighted by molar-refractivity contribution is -0.139. The van der Waals surface area contributed by atoms with Crippen molar-refractivity contribution in [2.24, 2.45) is 0 Å². The van der Waals surface area contributed by atoms with Gasteiger partial charge in [-0.15, -0.1) is 0 Å². The third-order valence-corrected chi connectivity index (χ3v) is 5.82. The molecule has 0 aliphatic heterocycles. The van der Waals surface area contributed by atoms with Crippen molar-refractivity contribution in [1.29, 1.82) is 0 Å². The minimum atomic E-state index is -3.71. The Bertz CT molecular complexity index is 1230. The number of aryl methyl sites for hydroxylation is 1. The molecule has 0 atom stereocenters. The number of benzene rings is 3. The number of rotatable bonds is 9. The number of carboxylic acid groups (broad SMARTS) is 1. The van der Waals surface area contributed by atoms with E-state index in [9.17, 15) is 18.0 Å². The smallest absolute Gasteiger partial charge is 0.341 e. The zero-order valence-electron chi connectivity index (χ0n) is 17.2. The van der Waals surface area contributed by atoms with Gasteiger partial charge in [-0.25, -0.2) is 13.2 Å². The molecule has 0 unspecified atom stereocenters. The third kappa shape index (κ3) is 6.29. The molecule has 0 saturated heterocycles. The van der Waals surface area contributed by atoms with E-state index in [0.717, 1.165) is 11.1 Å². The molecule has 0 spiro atoms. The van der Waals surface area contributed by atoms with Crippen LogP contribution in [-0.2, 0) is 14.8 Å². The Morgan fingerprint density at radius 1 is 0.938 bits per heavy atom. The maximum Gasteiger partial charge on any atom is 0.341 e. The highest BCUT2D eigenvalue weighted by atomic mass is 32.2. The van der Waals surface area contributed by atoms with Crippen molar-refractivity contribution in [3.05, 3.63) is 95.6 Å². The first-order chi connectivity index (χ1) is 15.2. The van der Waals surface area contributed by atoms with E-state index < -0.39 is 22.6 Å². The number of anilines is 1. The Labute approximate surface area is 186 Å². The van der Waals surface area contributed by atoms with E-state index >= 15 is 0 Å². The summed E-state index contributed by atoms with van der Waals surface area (Å²) in [6.07, 6.45) is 3.02. The van der Waals surface area contributed by atoms with Crippen molar-refractivity contribution in [1.82, 2.24) is 0 Å². The number of hydrogen-bond donors (Lipinski definition) is 2. The number of sulfonamides is 1. The molecule has 3 aromatic carbocycles. The highest BCUT2D eigenvalue weighted by Gasteiger charge is 2.14. The Kier molecular flexibility index (Phi) is 7.07. The van der Waals surface area contributed by atoms with E-state index in [1.54, 1.807) is 54.6 Å². The maximum atomic E-state index is 12.5. The fraction of sp³-hybridized carbons (Fsp3) is 0.0833. The van der Waals surface area contributed by atoms with E-state index in [2.05, 4.69) is 4.72 Å². The van der Waals surface area contributed by atoms with Gasteiger partial charge in [0.15, 0.2) is 12.4 Å². The van der Waals surface area contributed by atoms with E-state index in [4.69, 9.17) is 9.84 Å². The molecule has 0 saturated carbocycles. The Morgan fingerprint density at radius 2 is 1.56 bits per heavy atom. The molecule has 7 nitrogen and oxygen atoms in total. The molecule has 3 rings (SSSR count). The number of carboxylic acids is 1. The first kappa shape index (κ1) is 22.8. The largest absolute Gasteiger partial charge is 0.482 e. The van der Waals surface area contributed by atoms with Crippen LogP contribution in [0.1, 0.15) is 21.5 Å². The van der Waals surface area contributed by atoms with Gasteiger partial charge < -0.3 is 9.84 Å². The summed E-state index contributed by atoms with van der Waals surface area (Å²) in [6.45, 7) is 1.45. The van der Waals surface area contributed by atoms with E-state index in [-0.39, 0.29) is 10.7 Å². The lowest BCUT2D eigenvalue weighted by Crippen LogP contribution is -2.13. The van der Waals surface area contributed by atoms with Gasteiger partial charge in [-0.3, -0.25) is 9.52 Å². The van der Waals surface area contributed by atoms with E-state index in [0.29, 0.717) is 17.0 Å². The number of carbonyl (C=O) groups excluding carboxylic acids is 1.